The van der Waals surface area contributed by atoms with E-state index in [0.717, 1.165) is 23.8 Å². The summed E-state index contributed by atoms with van der Waals surface area (Å²) in [6, 6.07) is 10.2. The summed E-state index contributed by atoms with van der Waals surface area (Å²) in [5.74, 6) is -1.51. The largest absolute Gasteiger partial charge is 0.322 e. The van der Waals surface area contributed by atoms with Gasteiger partial charge in [0.05, 0.1) is 10.5 Å². The van der Waals surface area contributed by atoms with Gasteiger partial charge in [0.2, 0.25) is 10.0 Å². The first-order valence-electron chi connectivity index (χ1n) is 7.68. The van der Waals surface area contributed by atoms with E-state index in [9.17, 15) is 17.6 Å². The van der Waals surface area contributed by atoms with E-state index < -0.39 is 21.7 Å². The van der Waals surface area contributed by atoms with Gasteiger partial charge in [-0.1, -0.05) is 31.2 Å². The van der Waals surface area contributed by atoms with E-state index in [1.54, 1.807) is 12.1 Å². The minimum absolute atomic E-state index is 0.0329. The van der Waals surface area contributed by atoms with E-state index in [-0.39, 0.29) is 17.0 Å². The van der Waals surface area contributed by atoms with E-state index in [2.05, 4.69) is 16.6 Å². The van der Waals surface area contributed by atoms with Crippen LogP contribution in [0.2, 0.25) is 0 Å². The van der Waals surface area contributed by atoms with Crippen LogP contribution in [0, 0.1) is 5.82 Å². The van der Waals surface area contributed by atoms with Crippen LogP contribution >= 0.6 is 0 Å². The molecule has 0 aliphatic rings. The number of para-hydroxylation sites is 1. The van der Waals surface area contributed by atoms with Gasteiger partial charge in [0, 0.05) is 12.2 Å². The molecule has 2 aromatic carbocycles. The Hall–Kier alpha value is -2.51. The second-order valence-electron chi connectivity index (χ2n) is 5.25. The van der Waals surface area contributed by atoms with Crippen molar-refractivity contribution in [2.24, 2.45) is 0 Å². The highest BCUT2D eigenvalue weighted by atomic mass is 32.2. The molecule has 0 saturated heterocycles. The summed E-state index contributed by atoms with van der Waals surface area (Å²) in [6.45, 7) is 5.40. The van der Waals surface area contributed by atoms with Crippen LogP contribution < -0.4 is 10.0 Å². The van der Waals surface area contributed by atoms with Gasteiger partial charge in [-0.3, -0.25) is 4.79 Å². The van der Waals surface area contributed by atoms with Crippen molar-refractivity contribution >= 4 is 21.6 Å². The highest BCUT2D eigenvalue weighted by Crippen LogP contribution is 2.19. The van der Waals surface area contributed by atoms with Crippen molar-refractivity contribution in [1.82, 2.24) is 4.72 Å². The second kappa shape index (κ2) is 8.04. The standard InChI is InChI=1S/C18H19FN2O3S/c1-3-11-20-25(23,24)14-9-10-16(19)15(12-14)18(22)21-17-8-6-5-7-13(17)4-2/h3,5-10,12,20H,1,4,11H2,2H3,(H,21,22). The lowest BCUT2D eigenvalue weighted by atomic mass is 10.1. The number of aryl methyl sites for hydroxylation is 1. The molecule has 7 heteroatoms. The number of carbonyl (C=O) groups is 1. The van der Waals surface area contributed by atoms with Crippen LogP contribution in [0.25, 0.3) is 0 Å². The number of halogens is 1. The third kappa shape index (κ3) is 4.52. The quantitative estimate of drug-likeness (QED) is 0.743. The lowest BCUT2D eigenvalue weighted by Gasteiger charge is -2.11. The van der Waals surface area contributed by atoms with E-state index in [1.165, 1.54) is 6.08 Å². The Morgan fingerprint density at radius 3 is 2.64 bits per heavy atom. The number of amides is 1. The van der Waals surface area contributed by atoms with Crippen LogP contribution in [0.5, 0.6) is 0 Å². The minimum Gasteiger partial charge on any atom is -0.322 e. The molecule has 2 aromatic rings. The molecule has 25 heavy (non-hydrogen) atoms. The highest BCUT2D eigenvalue weighted by Gasteiger charge is 2.19. The molecule has 0 spiro atoms. The fourth-order valence-electron chi connectivity index (χ4n) is 2.24. The van der Waals surface area contributed by atoms with Crippen molar-refractivity contribution in [1.29, 1.82) is 0 Å². The number of hydrogen-bond donors (Lipinski definition) is 2. The zero-order valence-electron chi connectivity index (χ0n) is 13.8. The third-order valence-electron chi connectivity index (χ3n) is 3.56. The number of hydrogen-bond acceptors (Lipinski definition) is 3. The van der Waals surface area contributed by atoms with E-state index >= 15 is 0 Å². The maximum atomic E-state index is 14.1. The van der Waals surface area contributed by atoms with Crippen LogP contribution in [0.15, 0.2) is 60.0 Å². The molecule has 0 aromatic heterocycles. The molecule has 0 aliphatic heterocycles. The summed E-state index contributed by atoms with van der Waals surface area (Å²) < 4.78 is 40.6. The van der Waals surface area contributed by atoms with E-state index in [0.29, 0.717) is 12.1 Å². The molecule has 1 amide bonds. The SMILES string of the molecule is C=CCNS(=O)(=O)c1ccc(F)c(C(=O)Nc2ccccc2CC)c1. The third-order valence-corrected chi connectivity index (χ3v) is 4.98. The Bertz CT molecular complexity index is 895. The zero-order valence-corrected chi connectivity index (χ0v) is 14.6. The summed E-state index contributed by atoms with van der Waals surface area (Å²) in [7, 11) is -3.85. The Labute approximate surface area is 146 Å². The topological polar surface area (TPSA) is 75.3 Å². The molecule has 0 radical (unpaired) electrons. The van der Waals surface area contributed by atoms with Crippen molar-refractivity contribution in [3.63, 3.8) is 0 Å². The molecule has 2 N–H and O–H groups in total. The van der Waals surface area contributed by atoms with Crippen LogP contribution in [-0.4, -0.2) is 20.9 Å². The fourth-order valence-corrected chi connectivity index (χ4v) is 3.26. The van der Waals surface area contributed by atoms with Gasteiger partial charge >= 0.3 is 0 Å². The predicted octanol–water partition coefficient (Wildman–Crippen LogP) is 3.10. The average molecular weight is 362 g/mol. The Morgan fingerprint density at radius 2 is 1.96 bits per heavy atom. The first kappa shape index (κ1) is 18.8. The fraction of sp³-hybridized carbons (Fsp3) is 0.167. The molecule has 0 atom stereocenters. The maximum Gasteiger partial charge on any atom is 0.258 e. The predicted molar refractivity (Wildman–Crippen MR) is 95.6 cm³/mol. The van der Waals surface area contributed by atoms with Crippen molar-refractivity contribution in [3.05, 3.63) is 72.1 Å². The summed E-state index contributed by atoms with van der Waals surface area (Å²) in [5, 5.41) is 2.63. The Morgan fingerprint density at radius 1 is 1.24 bits per heavy atom. The normalized spacial score (nSPS) is 11.1. The lowest BCUT2D eigenvalue weighted by molar-refractivity contribution is 0.102. The number of anilines is 1. The van der Waals surface area contributed by atoms with Gasteiger partial charge in [-0.05, 0) is 36.2 Å². The Balaban J connectivity index is 2.34. The van der Waals surface area contributed by atoms with Gasteiger partial charge in [0.15, 0.2) is 0 Å². The first-order chi connectivity index (χ1) is 11.9. The first-order valence-corrected chi connectivity index (χ1v) is 9.16. The number of rotatable bonds is 7. The molecule has 0 fully saturated rings. The zero-order chi connectivity index (χ0) is 18.4. The molecule has 0 bridgehead atoms. The molecular weight excluding hydrogens is 343 g/mol. The Kier molecular flexibility index (Phi) is 6.06. The number of benzene rings is 2. The number of nitrogens with one attached hydrogen (secondary N) is 2. The molecule has 132 valence electrons. The summed E-state index contributed by atoms with van der Waals surface area (Å²) in [6.07, 6.45) is 2.08. The number of sulfonamides is 1. The molecular formula is C18H19FN2O3S. The minimum atomic E-state index is -3.85. The van der Waals surface area contributed by atoms with Crippen LogP contribution in [-0.2, 0) is 16.4 Å². The van der Waals surface area contributed by atoms with E-state index in [1.807, 2.05) is 19.1 Å². The number of carbonyl (C=O) groups excluding carboxylic acids is 1. The van der Waals surface area contributed by atoms with E-state index in [4.69, 9.17) is 0 Å². The molecule has 0 aliphatic carbocycles. The van der Waals surface area contributed by atoms with Crippen molar-refractivity contribution < 1.29 is 17.6 Å². The summed E-state index contributed by atoms with van der Waals surface area (Å²) in [4.78, 5) is 12.2. The van der Waals surface area contributed by atoms with Gasteiger partial charge in [-0.25, -0.2) is 17.5 Å². The van der Waals surface area contributed by atoms with Gasteiger partial charge in [-0.15, -0.1) is 6.58 Å². The lowest BCUT2D eigenvalue weighted by Crippen LogP contribution is -2.24. The van der Waals surface area contributed by atoms with Gasteiger partial charge < -0.3 is 5.32 Å². The molecule has 2 rings (SSSR count). The average Bonchev–Trinajstić information content (AvgIpc) is 2.60. The summed E-state index contributed by atoms with van der Waals surface area (Å²) in [5.41, 5.74) is 1.12. The van der Waals surface area contributed by atoms with Crippen molar-refractivity contribution in [2.45, 2.75) is 18.2 Å². The van der Waals surface area contributed by atoms with Crippen LogP contribution in [0.4, 0.5) is 10.1 Å². The van der Waals surface area contributed by atoms with Crippen LogP contribution in [0.1, 0.15) is 22.8 Å². The molecule has 0 saturated carbocycles. The molecule has 0 heterocycles. The monoisotopic (exact) mass is 362 g/mol. The van der Waals surface area contributed by atoms with Gasteiger partial charge in [0.1, 0.15) is 5.82 Å². The van der Waals surface area contributed by atoms with Crippen LogP contribution in [0.3, 0.4) is 0 Å². The highest BCUT2D eigenvalue weighted by molar-refractivity contribution is 7.89. The smallest absolute Gasteiger partial charge is 0.258 e. The summed E-state index contributed by atoms with van der Waals surface area (Å²) >= 11 is 0. The van der Waals surface area contributed by atoms with Gasteiger partial charge in [-0.2, -0.15) is 0 Å². The molecule has 0 unspecified atom stereocenters. The van der Waals surface area contributed by atoms with Crippen molar-refractivity contribution in [2.75, 3.05) is 11.9 Å². The second-order valence-corrected chi connectivity index (χ2v) is 7.01. The molecule has 5 nitrogen and oxygen atoms in total. The van der Waals surface area contributed by atoms with Crippen molar-refractivity contribution in [3.8, 4) is 0 Å². The van der Waals surface area contributed by atoms with Gasteiger partial charge in [0.25, 0.3) is 5.91 Å². The maximum absolute atomic E-state index is 14.1.